The zero-order valence-corrected chi connectivity index (χ0v) is 13.8. The highest BCUT2D eigenvalue weighted by atomic mass is 32.1. The van der Waals surface area contributed by atoms with Crippen molar-refractivity contribution in [3.63, 3.8) is 0 Å². The molecular weight excluding hydrogens is 294 g/mol. The van der Waals surface area contributed by atoms with Gasteiger partial charge in [0.15, 0.2) is 5.82 Å². The molecule has 0 unspecified atom stereocenters. The van der Waals surface area contributed by atoms with Crippen molar-refractivity contribution in [2.24, 2.45) is 5.73 Å². The first kappa shape index (κ1) is 14.2. The molecule has 2 aromatic heterocycles. The van der Waals surface area contributed by atoms with Gasteiger partial charge in [-0.1, -0.05) is 6.92 Å². The molecule has 0 aromatic carbocycles. The molecule has 1 aliphatic carbocycles. The Bertz CT molecular complexity index is 710. The Morgan fingerprint density at radius 3 is 2.91 bits per heavy atom. The van der Waals surface area contributed by atoms with E-state index in [1.54, 1.807) is 0 Å². The van der Waals surface area contributed by atoms with Gasteiger partial charge in [0.05, 0.1) is 10.2 Å². The van der Waals surface area contributed by atoms with Crippen LogP contribution in [-0.4, -0.2) is 28.6 Å². The predicted molar refractivity (Wildman–Crippen MR) is 92.5 cm³/mol. The minimum atomic E-state index is 0.228. The Balaban J connectivity index is 1.88. The number of rotatable bonds is 2. The molecule has 22 heavy (non-hydrogen) atoms. The SMILES string of the molecule is CC[C@H]1C[C@@H](N)CN1c1nc(N)nc2c3c(sc12)CCCC3. The van der Waals surface area contributed by atoms with Gasteiger partial charge in [-0.25, -0.2) is 4.98 Å². The van der Waals surface area contributed by atoms with E-state index < -0.39 is 0 Å². The van der Waals surface area contributed by atoms with Gasteiger partial charge in [-0.3, -0.25) is 0 Å². The van der Waals surface area contributed by atoms with Crippen LogP contribution in [0.3, 0.4) is 0 Å². The molecule has 3 heterocycles. The quantitative estimate of drug-likeness (QED) is 0.889. The lowest BCUT2D eigenvalue weighted by molar-refractivity contribution is 0.622. The van der Waals surface area contributed by atoms with Crippen LogP contribution in [0.5, 0.6) is 0 Å². The maximum absolute atomic E-state index is 6.20. The number of aryl methyl sites for hydroxylation is 2. The molecule has 2 atom stereocenters. The molecule has 0 spiro atoms. The van der Waals surface area contributed by atoms with Gasteiger partial charge in [0, 0.05) is 23.5 Å². The van der Waals surface area contributed by atoms with E-state index in [1.807, 2.05) is 11.3 Å². The number of hydrogen-bond acceptors (Lipinski definition) is 6. The topological polar surface area (TPSA) is 81.1 Å². The molecule has 5 nitrogen and oxygen atoms in total. The standard InChI is InChI=1S/C16H23N5S/c1-2-10-7-9(17)8-21(10)15-14-13(19-16(18)20-15)11-5-3-4-6-12(11)22-14/h9-10H,2-8,17H2,1H3,(H2,18,19,20)/t9-,10+/m1/s1. The van der Waals surface area contributed by atoms with Crippen molar-refractivity contribution in [3.05, 3.63) is 10.4 Å². The van der Waals surface area contributed by atoms with Crippen LogP contribution in [0.4, 0.5) is 11.8 Å². The first-order chi connectivity index (χ1) is 10.7. The smallest absolute Gasteiger partial charge is 0.222 e. The molecule has 6 heteroatoms. The summed E-state index contributed by atoms with van der Waals surface area (Å²) in [6.07, 6.45) is 6.96. The summed E-state index contributed by atoms with van der Waals surface area (Å²) in [5.74, 6) is 1.41. The molecule has 4 rings (SSSR count). The third-order valence-corrected chi connectivity index (χ3v) is 6.26. The number of anilines is 2. The maximum Gasteiger partial charge on any atom is 0.222 e. The monoisotopic (exact) mass is 317 g/mol. The first-order valence-electron chi connectivity index (χ1n) is 8.27. The van der Waals surface area contributed by atoms with Crippen LogP contribution in [-0.2, 0) is 12.8 Å². The van der Waals surface area contributed by atoms with E-state index in [1.165, 1.54) is 34.4 Å². The summed E-state index contributed by atoms with van der Waals surface area (Å²) >= 11 is 1.87. The van der Waals surface area contributed by atoms with E-state index in [2.05, 4.69) is 21.8 Å². The van der Waals surface area contributed by atoms with Crippen LogP contribution in [0, 0.1) is 0 Å². The number of nitrogens with zero attached hydrogens (tertiary/aromatic N) is 3. The van der Waals surface area contributed by atoms with E-state index >= 15 is 0 Å². The summed E-state index contributed by atoms with van der Waals surface area (Å²) < 4.78 is 1.22. The zero-order chi connectivity index (χ0) is 15.3. The summed E-state index contributed by atoms with van der Waals surface area (Å²) in [4.78, 5) is 13.0. The second-order valence-corrected chi connectivity index (χ2v) is 7.61. The van der Waals surface area contributed by atoms with Crippen molar-refractivity contribution in [3.8, 4) is 0 Å². The molecule has 1 saturated heterocycles. The second kappa shape index (κ2) is 5.35. The van der Waals surface area contributed by atoms with Crippen molar-refractivity contribution in [2.75, 3.05) is 17.2 Å². The maximum atomic E-state index is 6.20. The van der Waals surface area contributed by atoms with E-state index in [4.69, 9.17) is 11.5 Å². The van der Waals surface area contributed by atoms with Gasteiger partial charge in [0.25, 0.3) is 0 Å². The van der Waals surface area contributed by atoms with Crippen LogP contribution >= 0.6 is 11.3 Å². The van der Waals surface area contributed by atoms with Crippen molar-refractivity contribution < 1.29 is 0 Å². The van der Waals surface area contributed by atoms with Crippen LogP contribution in [0.15, 0.2) is 0 Å². The van der Waals surface area contributed by atoms with Crippen molar-refractivity contribution in [1.82, 2.24) is 9.97 Å². The highest BCUT2D eigenvalue weighted by Gasteiger charge is 2.32. The fourth-order valence-electron chi connectivity index (χ4n) is 3.91. The average Bonchev–Trinajstić information content (AvgIpc) is 3.07. The van der Waals surface area contributed by atoms with Crippen molar-refractivity contribution in [2.45, 2.75) is 57.5 Å². The molecule has 0 amide bonds. The molecule has 0 radical (unpaired) electrons. The second-order valence-electron chi connectivity index (χ2n) is 6.50. The number of nitrogen functional groups attached to an aromatic ring is 1. The number of fused-ring (bicyclic) bond motifs is 3. The van der Waals surface area contributed by atoms with Crippen molar-refractivity contribution >= 4 is 33.3 Å². The van der Waals surface area contributed by atoms with Crippen molar-refractivity contribution in [1.29, 1.82) is 0 Å². The molecule has 0 saturated carbocycles. The number of nitrogens with two attached hydrogens (primary N) is 2. The Kier molecular flexibility index (Phi) is 3.46. The van der Waals surface area contributed by atoms with Gasteiger partial charge in [-0.15, -0.1) is 11.3 Å². The summed E-state index contributed by atoms with van der Waals surface area (Å²) in [7, 11) is 0. The summed E-state index contributed by atoms with van der Waals surface area (Å²) in [6, 6.07) is 0.692. The fraction of sp³-hybridized carbons (Fsp3) is 0.625. The van der Waals surface area contributed by atoms with Crippen LogP contribution in [0.25, 0.3) is 10.2 Å². The fourth-order valence-corrected chi connectivity index (χ4v) is 5.25. The third kappa shape index (κ3) is 2.16. The number of thiophene rings is 1. The molecule has 118 valence electrons. The minimum absolute atomic E-state index is 0.228. The largest absolute Gasteiger partial charge is 0.368 e. The van der Waals surface area contributed by atoms with E-state index in [0.29, 0.717) is 12.0 Å². The van der Waals surface area contributed by atoms with Gasteiger partial charge in [-0.05, 0) is 44.1 Å². The Morgan fingerprint density at radius 2 is 2.09 bits per heavy atom. The minimum Gasteiger partial charge on any atom is -0.368 e. The third-order valence-electron chi connectivity index (χ3n) is 4.98. The van der Waals surface area contributed by atoms with E-state index in [0.717, 1.165) is 37.1 Å². The Labute approximate surface area is 134 Å². The molecule has 2 aliphatic rings. The molecule has 2 aromatic rings. The lowest BCUT2D eigenvalue weighted by Gasteiger charge is -2.25. The van der Waals surface area contributed by atoms with E-state index in [9.17, 15) is 0 Å². The molecule has 1 aliphatic heterocycles. The number of aromatic nitrogens is 2. The van der Waals surface area contributed by atoms with Crippen LogP contribution < -0.4 is 16.4 Å². The average molecular weight is 317 g/mol. The summed E-state index contributed by atoms with van der Waals surface area (Å²) in [6.45, 7) is 3.09. The lowest BCUT2D eigenvalue weighted by atomic mass is 9.98. The predicted octanol–water partition coefficient (Wildman–Crippen LogP) is 2.47. The van der Waals surface area contributed by atoms with Gasteiger partial charge < -0.3 is 16.4 Å². The van der Waals surface area contributed by atoms with Gasteiger partial charge >= 0.3 is 0 Å². The normalized spacial score (nSPS) is 24.9. The van der Waals surface area contributed by atoms with Crippen LogP contribution in [0.2, 0.25) is 0 Å². The van der Waals surface area contributed by atoms with Crippen LogP contribution in [0.1, 0.15) is 43.0 Å². The number of hydrogen-bond donors (Lipinski definition) is 2. The molecule has 4 N–H and O–H groups in total. The highest BCUT2D eigenvalue weighted by molar-refractivity contribution is 7.19. The first-order valence-corrected chi connectivity index (χ1v) is 9.09. The zero-order valence-electron chi connectivity index (χ0n) is 13.0. The molecule has 1 fully saturated rings. The van der Waals surface area contributed by atoms with E-state index in [-0.39, 0.29) is 6.04 Å². The summed E-state index contributed by atoms with van der Waals surface area (Å²) in [5.41, 5.74) is 14.7. The Morgan fingerprint density at radius 1 is 1.27 bits per heavy atom. The van der Waals surface area contributed by atoms with Gasteiger partial charge in [0.1, 0.15) is 0 Å². The molecule has 0 bridgehead atoms. The summed E-state index contributed by atoms with van der Waals surface area (Å²) in [5, 5.41) is 0. The highest BCUT2D eigenvalue weighted by Crippen LogP contribution is 2.41. The van der Waals surface area contributed by atoms with Gasteiger partial charge in [0.2, 0.25) is 5.95 Å². The Hall–Kier alpha value is -1.40. The lowest BCUT2D eigenvalue weighted by Crippen LogP contribution is -2.31. The van der Waals surface area contributed by atoms with Gasteiger partial charge in [-0.2, -0.15) is 4.98 Å². The molecular formula is C16H23N5S.